The molecule has 0 fully saturated rings. The van der Waals surface area contributed by atoms with Gasteiger partial charge >= 0.3 is 5.97 Å². The molecular formula is C13H16ClNO3S. The van der Waals surface area contributed by atoms with Gasteiger partial charge in [-0.15, -0.1) is 11.8 Å². The molecule has 0 bridgehead atoms. The number of carbonyl (C=O) groups excluding carboxylic acids is 2. The number of thioether (sulfide) groups is 1. The van der Waals surface area contributed by atoms with Crippen LogP contribution in [0.5, 0.6) is 0 Å². The van der Waals surface area contributed by atoms with Crippen molar-refractivity contribution in [3.63, 3.8) is 0 Å². The van der Waals surface area contributed by atoms with Crippen molar-refractivity contribution in [1.29, 1.82) is 0 Å². The van der Waals surface area contributed by atoms with Crippen LogP contribution in [0.4, 0.5) is 5.69 Å². The first-order chi connectivity index (χ1) is 9.04. The van der Waals surface area contributed by atoms with Gasteiger partial charge in [0, 0.05) is 10.7 Å². The first-order valence-corrected chi connectivity index (χ1v) is 7.36. The van der Waals surface area contributed by atoms with E-state index in [-0.39, 0.29) is 23.4 Å². The molecular weight excluding hydrogens is 286 g/mol. The largest absolute Gasteiger partial charge is 0.465 e. The predicted octanol–water partition coefficient (Wildman–Crippen LogP) is 2.88. The Hall–Kier alpha value is -1.20. The molecule has 1 aromatic carbocycles. The molecule has 4 nitrogen and oxygen atoms in total. The molecule has 0 atom stereocenters. The number of nitrogens with one attached hydrogen (secondary N) is 1. The maximum absolute atomic E-state index is 11.7. The van der Waals surface area contributed by atoms with Crippen LogP contribution in [0.25, 0.3) is 0 Å². The highest BCUT2D eigenvalue weighted by Crippen LogP contribution is 2.22. The first kappa shape index (κ1) is 15.9. The molecule has 0 aliphatic heterocycles. The van der Waals surface area contributed by atoms with E-state index in [9.17, 15) is 9.59 Å². The maximum Gasteiger partial charge on any atom is 0.315 e. The van der Waals surface area contributed by atoms with Gasteiger partial charge in [-0.25, -0.2) is 0 Å². The summed E-state index contributed by atoms with van der Waals surface area (Å²) >= 11 is 7.18. The Kier molecular flexibility index (Phi) is 6.73. The fourth-order valence-corrected chi connectivity index (χ4v) is 2.14. The van der Waals surface area contributed by atoms with E-state index < -0.39 is 0 Å². The SMILES string of the molecule is CCOC(=O)CSCC(=O)Nc1cccc(Cl)c1C. The minimum Gasteiger partial charge on any atom is -0.465 e. The number of anilines is 1. The van der Waals surface area contributed by atoms with Gasteiger partial charge < -0.3 is 10.1 Å². The summed E-state index contributed by atoms with van der Waals surface area (Å²) in [6.45, 7) is 3.94. The highest BCUT2D eigenvalue weighted by Gasteiger charge is 2.08. The molecule has 6 heteroatoms. The highest BCUT2D eigenvalue weighted by molar-refractivity contribution is 8.00. The van der Waals surface area contributed by atoms with Crippen molar-refractivity contribution in [2.75, 3.05) is 23.4 Å². The third-order valence-electron chi connectivity index (χ3n) is 2.30. The smallest absolute Gasteiger partial charge is 0.315 e. The summed E-state index contributed by atoms with van der Waals surface area (Å²) in [6, 6.07) is 5.33. The minimum atomic E-state index is -0.306. The molecule has 0 spiro atoms. The number of rotatable bonds is 6. The lowest BCUT2D eigenvalue weighted by Gasteiger charge is -2.09. The Morgan fingerprint density at radius 3 is 2.79 bits per heavy atom. The number of halogens is 1. The molecule has 104 valence electrons. The van der Waals surface area contributed by atoms with Crippen LogP contribution in [0.3, 0.4) is 0 Å². The van der Waals surface area contributed by atoms with E-state index in [1.165, 1.54) is 11.8 Å². The molecule has 0 aliphatic rings. The van der Waals surface area contributed by atoms with Crippen molar-refractivity contribution in [3.8, 4) is 0 Å². The van der Waals surface area contributed by atoms with Crippen molar-refractivity contribution in [2.45, 2.75) is 13.8 Å². The van der Waals surface area contributed by atoms with Crippen molar-refractivity contribution in [3.05, 3.63) is 28.8 Å². The second-order valence-electron chi connectivity index (χ2n) is 3.76. The second kappa shape index (κ2) is 8.07. The van der Waals surface area contributed by atoms with Gasteiger partial charge in [0.25, 0.3) is 0 Å². The highest BCUT2D eigenvalue weighted by atomic mass is 35.5. The van der Waals surface area contributed by atoms with Gasteiger partial charge in [0.2, 0.25) is 5.91 Å². The molecule has 0 aliphatic carbocycles. The molecule has 19 heavy (non-hydrogen) atoms. The number of benzene rings is 1. The third-order valence-corrected chi connectivity index (χ3v) is 3.62. The van der Waals surface area contributed by atoms with Gasteiger partial charge in [-0.2, -0.15) is 0 Å². The molecule has 1 aromatic rings. The lowest BCUT2D eigenvalue weighted by Crippen LogP contribution is -2.16. The number of hydrogen-bond donors (Lipinski definition) is 1. The zero-order chi connectivity index (χ0) is 14.3. The fraction of sp³-hybridized carbons (Fsp3) is 0.385. The summed E-state index contributed by atoms with van der Waals surface area (Å²) in [4.78, 5) is 22.8. The summed E-state index contributed by atoms with van der Waals surface area (Å²) in [7, 11) is 0. The number of carbonyl (C=O) groups is 2. The number of esters is 1. The van der Waals surface area contributed by atoms with Crippen LogP contribution < -0.4 is 5.32 Å². The molecule has 0 radical (unpaired) electrons. The molecule has 0 saturated carbocycles. The van der Waals surface area contributed by atoms with Crippen LogP contribution in [-0.4, -0.2) is 30.0 Å². The van der Waals surface area contributed by atoms with Gasteiger partial charge in [-0.1, -0.05) is 17.7 Å². The van der Waals surface area contributed by atoms with Crippen LogP contribution in [-0.2, 0) is 14.3 Å². The Morgan fingerprint density at radius 2 is 2.11 bits per heavy atom. The van der Waals surface area contributed by atoms with E-state index in [1.807, 2.05) is 6.92 Å². The van der Waals surface area contributed by atoms with Crippen molar-refractivity contribution in [2.24, 2.45) is 0 Å². The molecule has 1 rings (SSSR count). The normalized spacial score (nSPS) is 10.1. The Labute approximate surface area is 121 Å². The van der Waals surface area contributed by atoms with E-state index >= 15 is 0 Å². The summed E-state index contributed by atoms with van der Waals surface area (Å²) in [5.74, 6) is -0.0977. The number of ether oxygens (including phenoxy) is 1. The second-order valence-corrected chi connectivity index (χ2v) is 5.15. The van der Waals surface area contributed by atoms with E-state index in [0.717, 1.165) is 5.56 Å². The quantitative estimate of drug-likeness (QED) is 0.821. The van der Waals surface area contributed by atoms with Crippen LogP contribution in [0.2, 0.25) is 5.02 Å². The number of amides is 1. The van der Waals surface area contributed by atoms with E-state index in [4.69, 9.17) is 16.3 Å². The average molecular weight is 302 g/mol. The van der Waals surface area contributed by atoms with Crippen molar-refractivity contribution < 1.29 is 14.3 Å². The van der Waals surface area contributed by atoms with Crippen LogP contribution in [0, 0.1) is 6.92 Å². The monoisotopic (exact) mass is 301 g/mol. The lowest BCUT2D eigenvalue weighted by atomic mass is 10.2. The third kappa shape index (κ3) is 5.53. The Balaban J connectivity index is 2.39. The molecule has 0 saturated heterocycles. The Bertz CT molecular complexity index is 465. The van der Waals surface area contributed by atoms with Gasteiger partial charge in [0.1, 0.15) is 0 Å². The van der Waals surface area contributed by atoms with E-state index in [1.54, 1.807) is 25.1 Å². The molecule has 0 aromatic heterocycles. The predicted molar refractivity (Wildman–Crippen MR) is 78.8 cm³/mol. The van der Waals surface area contributed by atoms with Gasteiger partial charge in [0.15, 0.2) is 0 Å². The zero-order valence-electron chi connectivity index (χ0n) is 10.9. The summed E-state index contributed by atoms with van der Waals surface area (Å²) in [6.07, 6.45) is 0. The van der Waals surface area contributed by atoms with E-state index in [0.29, 0.717) is 17.3 Å². The van der Waals surface area contributed by atoms with Crippen molar-refractivity contribution >= 4 is 40.9 Å². The minimum absolute atomic E-state index is 0.167. The van der Waals surface area contributed by atoms with E-state index in [2.05, 4.69) is 5.32 Å². The molecule has 1 N–H and O–H groups in total. The fourth-order valence-electron chi connectivity index (χ4n) is 1.36. The van der Waals surface area contributed by atoms with Gasteiger partial charge in [-0.3, -0.25) is 9.59 Å². The Morgan fingerprint density at radius 1 is 1.37 bits per heavy atom. The van der Waals surface area contributed by atoms with Crippen LogP contribution >= 0.6 is 23.4 Å². The maximum atomic E-state index is 11.7. The number of hydrogen-bond acceptors (Lipinski definition) is 4. The lowest BCUT2D eigenvalue weighted by molar-refractivity contribution is -0.139. The van der Waals surface area contributed by atoms with Crippen LogP contribution in [0.1, 0.15) is 12.5 Å². The molecule has 0 unspecified atom stereocenters. The summed E-state index contributed by atoms with van der Waals surface area (Å²) in [5, 5.41) is 3.37. The molecule has 0 heterocycles. The average Bonchev–Trinajstić information content (AvgIpc) is 2.35. The standard InChI is InChI=1S/C13H16ClNO3S/c1-3-18-13(17)8-19-7-12(16)15-11-6-4-5-10(14)9(11)2/h4-6H,3,7-8H2,1-2H3,(H,15,16). The van der Waals surface area contributed by atoms with Gasteiger partial charge in [0.05, 0.1) is 18.1 Å². The first-order valence-electron chi connectivity index (χ1n) is 5.83. The zero-order valence-corrected chi connectivity index (χ0v) is 12.4. The summed E-state index contributed by atoms with van der Waals surface area (Å²) < 4.78 is 4.77. The van der Waals surface area contributed by atoms with Gasteiger partial charge in [-0.05, 0) is 31.5 Å². The topological polar surface area (TPSA) is 55.4 Å². The van der Waals surface area contributed by atoms with Crippen molar-refractivity contribution in [1.82, 2.24) is 0 Å². The molecule has 1 amide bonds. The summed E-state index contributed by atoms with van der Waals surface area (Å²) in [5.41, 5.74) is 1.52. The van der Waals surface area contributed by atoms with Crippen LogP contribution in [0.15, 0.2) is 18.2 Å².